The summed E-state index contributed by atoms with van der Waals surface area (Å²) in [6, 6.07) is 8.97. The highest BCUT2D eigenvalue weighted by Crippen LogP contribution is 2.29. The van der Waals surface area contributed by atoms with E-state index in [1.54, 1.807) is 23.2 Å². The van der Waals surface area contributed by atoms with Crippen LogP contribution < -0.4 is 4.90 Å². The number of para-hydroxylation sites is 1. The Morgan fingerprint density at radius 3 is 2.50 bits per heavy atom. The molecule has 1 aromatic heterocycles. The van der Waals surface area contributed by atoms with E-state index in [0.717, 1.165) is 5.69 Å². The predicted molar refractivity (Wildman–Crippen MR) is 99.2 cm³/mol. The zero-order chi connectivity index (χ0) is 18.7. The third-order valence-corrected chi connectivity index (χ3v) is 4.12. The van der Waals surface area contributed by atoms with Crippen molar-refractivity contribution in [2.45, 2.75) is 26.4 Å². The second kappa shape index (κ2) is 7.19. The lowest BCUT2D eigenvalue weighted by Gasteiger charge is -2.36. The van der Waals surface area contributed by atoms with Crippen molar-refractivity contribution in [3.63, 3.8) is 0 Å². The van der Waals surface area contributed by atoms with Crippen LogP contribution in [0.5, 0.6) is 5.75 Å². The van der Waals surface area contributed by atoms with Crippen molar-refractivity contribution >= 4 is 11.8 Å². The molecule has 1 N–H and O–H groups in total. The maximum atomic E-state index is 12.2. The summed E-state index contributed by atoms with van der Waals surface area (Å²) in [6.07, 6.45) is 1.42. The van der Waals surface area contributed by atoms with Gasteiger partial charge in [0.1, 0.15) is 11.4 Å². The van der Waals surface area contributed by atoms with Gasteiger partial charge >= 0.3 is 6.09 Å². The van der Waals surface area contributed by atoms with Gasteiger partial charge in [-0.15, -0.1) is 0 Å². The second-order valence-corrected chi connectivity index (χ2v) is 7.27. The molecule has 0 aliphatic carbocycles. The number of amides is 1. The van der Waals surface area contributed by atoms with E-state index < -0.39 is 5.60 Å². The number of phenolic OH excluding ortho intramolecular Hbond substituents is 1. The number of nitrogens with zero attached hydrogens (tertiary/aromatic N) is 4. The van der Waals surface area contributed by atoms with E-state index in [1.807, 2.05) is 39.0 Å². The first-order chi connectivity index (χ1) is 12.3. The van der Waals surface area contributed by atoms with Gasteiger partial charge in [0.05, 0.1) is 17.6 Å². The van der Waals surface area contributed by atoms with Crippen LogP contribution in [0.1, 0.15) is 20.8 Å². The largest absolute Gasteiger partial charge is 0.507 e. The SMILES string of the molecule is CC(C)(C)OC(=O)N1CCN(c2cnnc(-c3ccccc3O)c2)CC1. The molecule has 0 bridgehead atoms. The van der Waals surface area contributed by atoms with E-state index in [4.69, 9.17) is 4.74 Å². The van der Waals surface area contributed by atoms with E-state index in [2.05, 4.69) is 15.1 Å². The first-order valence-corrected chi connectivity index (χ1v) is 8.67. The number of phenols is 1. The Hall–Kier alpha value is -2.83. The fourth-order valence-corrected chi connectivity index (χ4v) is 2.82. The summed E-state index contributed by atoms with van der Waals surface area (Å²) >= 11 is 0. The summed E-state index contributed by atoms with van der Waals surface area (Å²) in [5.74, 6) is 0.175. The Morgan fingerprint density at radius 1 is 1.15 bits per heavy atom. The molecular formula is C19H24N4O3. The van der Waals surface area contributed by atoms with Crippen LogP contribution in [-0.4, -0.2) is 58.1 Å². The molecule has 1 amide bonds. The fraction of sp³-hybridized carbons (Fsp3) is 0.421. The third kappa shape index (κ3) is 4.22. The van der Waals surface area contributed by atoms with Gasteiger partial charge < -0.3 is 19.6 Å². The van der Waals surface area contributed by atoms with Crippen LogP contribution in [0, 0.1) is 0 Å². The Bertz CT molecular complexity index is 780. The van der Waals surface area contributed by atoms with Gasteiger partial charge in [0.25, 0.3) is 0 Å². The van der Waals surface area contributed by atoms with E-state index in [9.17, 15) is 9.90 Å². The Kier molecular flexibility index (Phi) is 4.97. The van der Waals surface area contributed by atoms with Crippen molar-refractivity contribution in [2.24, 2.45) is 0 Å². The molecule has 1 aliphatic heterocycles. The molecule has 1 saturated heterocycles. The van der Waals surface area contributed by atoms with Gasteiger partial charge in [0.2, 0.25) is 0 Å². The highest BCUT2D eigenvalue weighted by atomic mass is 16.6. The van der Waals surface area contributed by atoms with Gasteiger partial charge in [-0.2, -0.15) is 10.2 Å². The van der Waals surface area contributed by atoms with Crippen molar-refractivity contribution in [3.8, 4) is 17.0 Å². The molecule has 0 atom stereocenters. The number of benzene rings is 1. The number of anilines is 1. The number of aromatic nitrogens is 2. The number of piperazine rings is 1. The molecule has 2 aromatic rings. The summed E-state index contributed by atoms with van der Waals surface area (Å²) in [5, 5.41) is 18.2. The standard InChI is InChI=1S/C19H24N4O3/c1-19(2,3)26-18(25)23-10-8-22(9-11-23)14-12-16(21-20-13-14)15-6-4-5-7-17(15)24/h4-7,12-13,24H,8-11H2,1-3H3. The molecule has 0 saturated carbocycles. The number of rotatable bonds is 2. The highest BCUT2D eigenvalue weighted by Gasteiger charge is 2.26. The van der Waals surface area contributed by atoms with E-state index >= 15 is 0 Å². The molecule has 2 heterocycles. The van der Waals surface area contributed by atoms with Gasteiger partial charge in [0.15, 0.2) is 0 Å². The second-order valence-electron chi connectivity index (χ2n) is 7.27. The fourth-order valence-electron chi connectivity index (χ4n) is 2.82. The lowest BCUT2D eigenvalue weighted by atomic mass is 10.1. The minimum Gasteiger partial charge on any atom is -0.507 e. The topological polar surface area (TPSA) is 78.8 Å². The van der Waals surface area contributed by atoms with E-state index in [1.165, 1.54) is 0 Å². The first kappa shape index (κ1) is 18.0. The number of hydrogen-bond donors (Lipinski definition) is 1. The minimum atomic E-state index is -0.490. The van der Waals surface area contributed by atoms with E-state index in [-0.39, 0.29) is 11.8 Å². The number of carbonyl (C=O) groups excluding carboxylic acids is 1. The Labute approximate surface area is 153 Å². The zero-order valence-electron chi connectivity index (χ0n) is 15.3. The number of carbonyl (C=O) groups is 1. The molecule has 1 aromatic carbocycles. The summed E-state index contributed by atoms with van der Waals surface area (Å²) in [5.41, 5.74) is 1.70. The summed E-state index contributed by atoms with van der Waals surface area (Å²) < 4.78 is 5.43. The van der Waals surface area contributed by atoms with Gasteiger partial charge in [-0.25, -0.2) is 4.79 Å². The minimum absolute atomic E-state index is 0.175. The maximum Gasteiger partial charge on any atom is 0.410 e. The van der Waals surface area contributed by atoms with Gasteiger partial charge in [-0.3, -0.25) is 0 Å². The van der Waals surface area contributed by atoms with Crippen molar-refractivity contribution < 1.29 is 14.6 Å². The van der Waals surface area contributed by atoms with Gasteiger partial charge in [-0.05, 0) is 39.0 Å². The molecule has 26 heavy (non-hydrogen) atoms. The van der Waals surface area contributed by atoms with Crippen molar-refractivity contribution in [1.29, 1.82) is 0 Å². The van der Waals surface area contributed by atoms with Crippen LogP contribution in [0.25, 0.3) is 11.3 Å². The predicted octanol–water partition coefficient (Wildman–Crippen LogP) is 2.91. The quantitative estimate of drug-likeness (QED) is 0.891. The summed E-state index contributed by atoms with van der Waals surface area (Å²) in [7, 11) is 0. The van der Waals surface area contributed by atoms with Crippen LogP contribution in [0.2, 0.25) is 0 Å². The van der Waals surface area contributed by atoms with Gasteiger partial charge in [-0.1, -0.05) is 12.1 Å². The Balaban J connectivity index is 1.68. The number of hydrogen-bond acceptors (Lipinski definition) is 6. The molecule has 7 heteroatoms. The lowest BCUT2D eigenvalue weighted by molar-refractivity contribution is 0.0240. The van der Waals surface area contributed by atoms with Gasteiger partial charge in [0, 0.05) is 31.7 Å². The summed E-state index contributed by atoms with van der Waals surface area (Å²) in [6.45, 7) is 8.14. The van der Waals surface area contributed by atoms with Crippen LogP contribution in [-0.2, 0) is 4.74 Å². The summed E-state index contributed by atoms with van der Waals surface area (Å²) in [4.78, 5) is 16.0. The molecule has 138 valence electrons. The normalized spacial score (nSPS) is 15.0. The van der Waals surface area contributed by atoms with Crippen molar-refractivity contribution in [1.82, 2.24) is 15.1 Å². The maximum absolute atomic E-state index is 12.2. The third-order valence-electron chi connectivity index (χ3n) is 4.12. The van der Waals surface area contributed by atoms with Crippen LogP contribution in [0.3, 0.4) is 0 Å². The molecule has 0 unspecified atom stereocenters. The lowest BCUT2D eigenvalue weighted by Crippen LogP contribution is -2.50. The molecule has 7 nitrogen and oxygen atoms in total. The Morgan fingerprint density at radius 2 is 1.85 bits per heavy atom. The average Bonchev–Trinajstić information content (AvgIpc) is 2.61. The van der Waals surface area contributed by atoms with Crippen LogP contribution >= 0.6 is 0 Å². The average molecular weight is 356 g/mol. The molecule has 1 fully saturated rings. The molecule has 0 spiro atoms. The zero-order valence-corrected chi connectivity index (χ0v) is 15.3. The van der Waals surface area contributed by atoms with E-state index in [0.29, 0.717) is 37.4 Å². The number of aromatic hydroxyl groups is 1. The smallest absolute Gasteiger partial charge is 0.410 e. The van der Waals surface area contributed by atoms with Crippen molar-refractivity contribution in [2.75, 3.05) is 31.1 Å². The molecule has 0 radical (unpaired) electrons. The molecular weight excluding hydrogens is 332 g/mol. The van der Waals surface area contributed by atoms with Crippen molar-refractivity contribution in [3.05, 3.63) is 36.5 Å². The molecule has 1 aliphatic rings. The van der Waals surface area contributed by atoms with Crippen LogP contribution in [0.15, 0.2) is 36.5 Å². The monoisotopic (exact) mass is 356 g/mol. The first-order valence-electron chi connectivity index (χ1n) is 8.67. The molecule has 3 rings (SSSR count). The van der Waals surface area contributed by atoms with Crippen LogP contribution in [0.4, 0.5) is 10.5 Å². The number of ether oxygens (including phenoxy) is 1. The highest BCUT2D eigenvalue weighted by molar-refractivity contribution is 5.70.